The molecule has 3 atom stereocenters. The molecule has 2 unspecified atom stereocenters. The molecule has 4 rings (SSSR count). The molecule has 120 valence electrons. The molecule has 4 nitrogen and oxygen atoms in total. The Morgan fingerprint density at radius 2 is 2.13 bits per heavy atom. The highest BCUT2D eigenvalue weighted by Crippen LogP contribution is 2.46. The topological polar surface area (TPSA) is 46.9 Å². The van der Waals surface area contributed by atoms with Crippen molar-refractivity contribution in [2.75, 3.05) is 6.54 Å². The van der Waals surface area contributed by atoms with Gasteiger partial charge in [0.05, 0.1) is 5.69 Å². The summed E-state index contributed by atoms with van der Waals surface area (Å²) in [5.41, 5.74) is 5.04. The quantitative estimate of drug-likeness (QED) is 0.879. The summed E-state index contributed by atoms with van der Waals surface area (Å²) in [6.07, 6.45) is 2.27. The lowest BCUT2D eigenvalue weighted by Crippen LogP contribution is -2.56. The van der Waals surface area contributed by atoms with Crippen LogP contribution in [0, 0.1) is 5.92 Å². The Labute approximate surface area is 136 Å². The summed E-state index contributed by atoms with van der Waals surface area (Å²) in [7, 11) is 1.70. The van der Waals surface area contributed by atoms with E-state index in [4.69, 9.17) is 0 Å². The van der Waals surface area contributed by atoms with Crippen LogP contribution in [-0.2, 0) is 18.9 Å². The first kappa shape index (κ1) is 14.6. The van der Waals surface area contributed by atoms with Crippen LogP contribution in [0.5, 0.6) is 0 Å². The van der Waals surface area contributed by atoms with Crippen LogP contribution in [0.1, 0.15) is 31.4 Å². The molecular formula is C19H23N3O. The number of fused-ring (bicyclic) bond motifs is 4. The van der Waals surface area contributed by atoms with E-state index in [0.717, 1.165) is 24.2 Å². The molecule has 1 aromatic carbocycles. The predicted octanol–water partition coefficient (Wildman–Crippen LogP) is 2.26. The zero-order valence-corrected chi connectivity index (χ0v) is 14.0. The fourth-order valence-corrected chi connectivity index (χ4v) is 4.33. The fourth-order valence-electron chi connectivity index (χ4n) is 4.33. The van der Waals surface area contributed by atoms with Crippen molar-refractivity contribution in [2.24, 2.45) is 13.0 Å². The molecule has 2 heterocycles. The first-order chi connectivity index (χ1) is 11.0. The molecule has 4 heteroatoms. The van der Waals surface area contributed by atoms with Crippen molar-refractivity contribution in [3.8, 4) is 11.3 Å². The van der Waals surface area contributed by atoms with E-state index in [1.807, 2.05) is 6.07 Å². The number of nitrogens with one attached hydrogen (secondary N) is 1. The third-order valence-electron chi connectivity index (χ3n) is 6.08. The SMILES string of the molecule is CC1C2Cc3ccc(-c4ccc(=O)n(C)n4)cc3[C@]1(C)CCN2. The Morgan fingerprint density at radius 3 is 2.91 bits per heavy atom. The first-order valence-corrected chi connectivity index (χ1v) is 8.40. The molecule has 1 aromatic heterocycles. The molecule has 1 aliphatic carbocycles. The summed E-state index contributed by atoms with van der Waals surface area (Å²) in [6.45, 7) is 5.87. The standard InChI is InChI=1S/C19H23N3O/c1-12-17-11-13-4-5-14(16-6-7-18(23)22(3)21-16)10-15(13)19(12,2)8-9-20-17/h4-7,10,12,17,20H,8-9,11H2,1-3H3/t12?,17?,19-/m1/s1. The molecule has 0 amide bonds. The lowest BCUT2D eigenvalue weighted by atomic mass is 9.59. The van der Waals surface area contributed by atoms with Gasteiger partial charge in [0.2, 0.25) is 0 Å². The molecule has 23 heavy (non-hydrogen) atoms. The van der Waals surface area contributed by atoms with Crippen LogP contribution in [0.2, 0.25) is 0 Å². The van der Waals surface area contributed by atoms with Gasteiger partial charge in [0, 0.05) is 24.7 Å². The third kappa shape index (κ3) is 2.16. The number of rotatable bonds is 1. The van der Waals surface area contributed by atoms with Gasteiger partial charge in [0.25, 0.3) is 5.56 Å². The van der Waals surface area contributed by atoms with Gasteiger partial charge in [-0.2, -0.15) is 5.10 Å². The van der Waals surface area contributed by atoms with Crippen molar-refractivity contribution in [2.45, 2.75) is 38.1 Å². The predicted molar refractivity (Wildman–Crippen MR) is 91.5 cm³/mol. The lowest BCUT2D eigenvalue weighted by Gasteiger charge is -2.50. The van der Waals surface area contributed by atoms with E-state index in [2.05, 4.69) is 42.5 Å². The molecule has 2 aromatic rings. The lowest BCUT2D eigenvalue weighted by molar-refractivity contribution is 0.158. The van der Waals surface area contributed by atoms with Crippen molar-refractivity contribution in [1.29, 1.82) is 0 Å². The highest BCUT2D eigenvalue weighted by molar-refractivity contribution is 5.62. The van der Waals surface area contributed by atoms with E-state index in [1.54, 1.807) is 13.1 Å². The molecular weight excluding hydrogens is 286 g/mol. The number of aryl methyl sites for hydroxylation is 1. The van der Waals surface area contributed by atoms with Crippen molar-refractivity contribution in [3.05, 3.63) is 51.8 Å². The zero-order valence-electron chi connectivity index (χ0n) is 14.0. The number of piperidine rings is 1. The van der Waals surface area contributed by atoms with Crippen LogP contribution in [-0.4, -0.2) is 22.4 Å². The average molecular weight is 309 g/mol. The maximum absolute atomic E-state index is 11.6. The van der Waals surface area contributed by atoms with Crippen LogP contribution in [0.25, 0.3) is 11.3 Å². The van der Waals surface area contributed by atoms with Gasteiger partial charge in [-0.1, -0.05) is 26.0 Å². The van der Waals surface area contributed by atoms with Crippen LogP contribution < -0.4 is 10.9 Å². The van der Waals surface area contributed by atoms with Gasteiger partial charge in [0.15, 0.2) is 0 Å². The van der Waals surface area contributed by atoms with Gasteiger partial charge < -0.3 is 5.32 Å². The third-order valence-corrected chi connectivity index (χ3v) is 6.08. The highest BCUT2D eigenvalue weighted by atomic mass is 16.1. The van der Waals surface area contributed by atoms with Crippen molar-refractivity contribution < 1.29 is 0 Å². The Balaban J connectivity index is 1.85. The van der Waals surface area contributed by atoms with Crippen molar-refractivity contribution in [3.63, 3.8) is 0 Å². The van der Waals surface area contributed by atoms with E-state index >= 15 is 0 Å². The minimum absolute atomic E-state index is 0.0755. The Bertz CT molecular complexity index is 826. The maximum Gasteiger partial charge on any atom is 0.266 e. The van der Waals surface area contributed by atoms with Gasteiger partial charge in [0.1, 0.15) is 0 Å². The summed E-state index contributed by atoms with van der Waals surface area (Å²) >= 11 is 0. The zero-order chi connectivity index (χ0) is 16.2. The van der Waals surface area contributed by atoms with E-state index < -0.39 is 0 Å². The van der Waals surface area contributed by atoms with Crippen LogP contribution in [0.15, 0.2) is 35.1 Å². The number of nitrogens with zero attached hydrogens (tertiary/aromatic N) is 2. The molecule has 1 N–H and O–H groups in total. The molecule has 1 aliphatic heterocycles. The number of aromatic nitrogens is 2. The second-order valence-electron chi connectivity index (χ2n) is 7.27. The molecule has 0 radical (unpaired) electrons. The Hall–Kier alpha value is -1.94. The van der Waals surface area contributed by atoms with Gasteiger partial charge in [-0.15, -0.1) is 0 Å². The Morgan fingerprint density at radius 1 is 1.30 bits per heavy atom. The second kappa shape index (κ2) is 5.03. The highest BCUT2D eigenvalue weighted by Gasteiger charge is 2.45. The maximum atomic E-state index is 11.6. The van der Waals surface area contributed by atoms with Gasteiger partial charge in [-0.05, 0) is 54.0 Å². The summed E-state index contributed by atoms with van der Waals surface area (Å²) in [4.78, 5) is 11.6. The molecule has 2 bridgehead atoms. The summed E-state index contributed by atoms with van der Waals surface area (Å²) in [6, 6.07) is 10.7. The van der Waals surface area contributed by atoms with Crippen LogP contribution in [0.4, 0.5) is 0 Å². The summed E-state index contributed by atoms with van der Waals surface area (Å²) < 4.78 is 1.40. The van der Waals surface area contributed by atoms with Crippen molar-refractivity contribution in [1.82, 2.24) is 15.1 Å². The van der Waals surface area contributed by atoms with E-state index in [1.165, 1.54) is 22.2 Å². The number of benzene rings is 1. The molecule has 1 saturated heterocycles. The van der Waals surface area contributed by atoms with E-state index in [9.17, 15) is 4.79 Å². The molecule has 2 aliphatic rings. The monoisotopic (exact) mass is 309 g/mol. The number of hydrogen-bond acceptors (Lipinski definition) is 3. The average Bonchev–Trinajstić information content (AvgIpc) is 2.53. The van der Waals surface area contributed by atoms with E-state index in [-0.39, 0.29) is 11.0 Å². The van der Waals surface area contributed by atoms with E-state index in [0.29, 0.717) is 12.0 Å². The van der Waals surface area contributed by atoms with Crippen LogP contribution in [0.3, 0.4) is 0 Å². The number of hydrogen-bond donors (Lipinski definition) is 1. The normalized spacial score (nSPS) is 29.2. The van der Waals surface area contributed by atoms with Crippen molar-refractivity contribution >= 4 is 0 Å². The summed E-state index contributed by atoms with van der Waals surface area (Å²) in [5, 5.41) is 8.08. The van der Waals surface area contributed by atoms with Gasteiger partial charge >= 0.3 is 0 Å². The fraction of sp³-hybridized carbons (Fsp3) is 0.474. The Kier molecular flexibility index (Phi) is 3.20. The molecule has 0 spiro atoms. The van der Waals surface area contributed by atoms with Gasteiger partial charge in [-0.25, -0.2) is 4.68 Å². The summed E-state index contributed by atoms with van der Waals surface area (Å²) in [5.74, 6) is 0.632. The van der Waals surface area contributed by atoms with Crippen LogP contribution >= 0.6 is 0 Å². The van der Waals surface area contributed by atoms with Gasteiger partial charge in [-0.3, -0.25) is 4.79 Å². The minimum atomic E-state index is -0.0755. The smallest absolute Gasteiger partial charge is 0.266 e. The second-order valence-corrected chi connectivity index (χ2v) is 7.27. The largest absolute Gasteiger partial charge is 0.313 e. The first-order valence-electron chi connectivity index (χ1n) is 8.40. The molecule has 0 saturated carbocycles. The minimum Gasteiger partial charge on any atom is -0.313 e. The molecule has 1 fully saturated rings.